The Labute approximate surface area is 74.5 Å². The molecule has 0 aromatic carbocycles. The third kappa shape index (κ3) is 0.949. The minimum Gasteiger partial charge on any atom is -0.299 e. The normalized spacial score (nSPS) is 46.2. The van der Waals surface area contributed by atoms with Crippen LogP contribution >= 0.6 is 0 Å². The van der Waals surface area contributed by atoms with Crippen LogP contribution in [0.4, 0.5) is 0 Å². The Balaban J connectivity index is 2.28. The summed E-state index contributed by atoms with van der Waals surface area (Å²) in [5, 5.41) is 0. The molecule has 0 amide bonds. The van der Waals surface area contributed by atoms with Crippen LogP contribution in [0.15, 0.2) is 0 Å². The van der Waals surface area contributed by atoms with Crippen molar-refractivity contribution in [3.8, 4) is 0 Å². The van der Waals surface area contributed by atoms with Gasteiger partial charge >= 0.3 is 0 Å². The summed E-state index contributed by atoms with van der Waals surface area (Å²) in [6.07, 6.45) is 6.33. The highest BCUT2D eigenvalue weighted by Crippen LogP contribution is 2.55. The third-order valence-corrected chi connectivity index (χ3v) is 4.22. The van der Waals surface area contributed by atoms with Crippen LogP contribution < -0.4 is 0 Å². The summed E-state index contributed by atoms with van der Waals surface area (Å²) < 4.78 is 0. The van der Waals surface area contributed by atoms with E-state index < -0.39 is 0 Å². The van der Waals surface area contributed by atoms with Crippen molar-refractivity contribution >= 4 is 5.78 Å². The molecule has 0 saturated heterocycles. The lowest BCUT2D eigenvalue weighted by Crippen LogP contribution is -2.33. The van der Waals surface area contributed by atoms with Gasteiger partial charge in [-0.05, 0) is 38.0 Å². The number of carbonyl (C=O) groups is 1. The maximum Gasteiger partial charge on any atom is 0.136 e. The van der Waals surface area contributed by atoms with Gasteiger partial charge in [0.2, 0.25) is 0 Å². The van der Waals surface area contributed by atoms with E-state index in [4.69, 9.17) is 0 Å². The van der Waals surface area contributed by atoms with Gasteiger partial charge in [-0.2, -0.15) is 0 Å². The molecule has 12 heavy (non-hydrogen) atoms. The van der Waals surface area contributed by atoms with E-state index in [9.17, 15) is 4.79 Å². The van der Waals surface area contributed by atoms with E-state index in [-0.39, 0.29) is 5.41 Å². The molecule has 2 saturated carbocycles. The van der Waals surface area contributed by atoms with Gasteiger partial charge in [0.05, 0.1) is 0 Å². The van der Waals surface area contributed by atoms with Gasteiger partial charge < -0.3 is 0 Å². The summed E-state index contributed by atoms with van der Waals surface area (Å²) in [4.78, 5) is 11.6. The average molecular weight is 166 g/mol. The number of carbonyl (C=O) groups excluding carboxylic acids is 1. The molecule has 2 aliphatic carbocycles. The van der Waals surface area contributed by atoms with Gasteiger partial charge in [0, 0.05) is 5.41 Å². The molecule has 2 fully saturated rings. The van der Waals surface area contributed by atoms with Gasteiger partial charge in [-0.15, -0.1) is 0 Å². The number of Topliss-reactive ketones (excluding diaryl/α,β-unsaturated/α-hetero) is 1. The number of hydrogen-bond acceptors (Lipinski definition) is 1. The van der Waals surface area contributed by atoms with Crippen LogP contribution in [-0.2, 0) is 4.79 Å². The lowest BCUT2D eigenvalue weighted by Gasteiger charge is -2.33. The Kier molecular flexibility index (Phi) is 1.78. The standard InChI is InChI=1S/C11H18O/c1-8-6-10-4-3-5-11(8,7-10)9(2)12/h8,10H,3-7H2,1-2H3. The molecule has 3 unspecified atom stereocenters. The smallest absolute Gasteiger partial charge is 0.136 e. The van der Waals surface area contributed by atoms with Gasteiger partial charge in [0.25, 0.3) is 0 Å². The summed E-state index contributed by atoms with van der Waals surface area (Å²) >= 11 is 0. The van der Waals surface area contributed by atoms with Gasteiger partial charge in [0.15, 0.2) is 0 Å². The summed E-state index contributed by atoms with van der Waals surface area (Å²) in [5.74, 6) is 1.98. The maximum absolute atomic E-state index is 11.6. The Bertz CT molecular complexity index is 209. The molecule has 0 heterocycles. The molecule has 1 heteroatoms. The highest BCUT2D eigenvalue weighted by molar-refractivity contribution is 5.83. The van der Waals surface area contributed by atoms with E-state index >= 15 is 0 Å². The Hall–Kier alpha value is -0.330. The minimum atomic E-state index is 0.114. The molecule has 0 aromatic heterocycles. The number of rotatable bonds is 1. The summed E-state index contributed by atoms with van der Waals surface area (Å²) in [6.45, 7) is 4.07. The molecular formula is C11H18O. The lowest BCUT2D eigenvalue weighted by atomic mass is 9.69. The fraction of sp³-hybridized carbons (Fsp3) is 0.909. The molecule has 0 aromatic rings. The third-order valence-electron chi connectivity index (χ3n) is 4.22. The second kappa shape index (κ2) is 2.58. The van der Waals surface area contributed by atoms with E-state index in [0.29, 0.717) is 11.7 Å². The van der Waals surface area contributed by atoms with Crippen LogP contribution in [0, 0.1) is 17.3 Å². The Morgan fingerprint density at radius 1 is 1.50 bits per heavy atom. The van der Waals surface area contributed by atoms with Crippen molar-refractivity contribution < 1.29 is 4.79 Å². The fourth-order valence-corrected chi connectivity index (χ4v) is 3.47. The largest absolute Gasteiger partial charge is 0.299 e. The molecule has 0 aliphatic heterocycles. The SMILES string of the molecule is CC(=O)C12CCCC(CC1C)C2. The molecule has 0 N–H and O–H groups in total. The molecule has 0 spiro atoms. The maximum atomic E-state index is 11.6. The lowest BCUT2D eigenvalue weighted by molar-refractivity contribution is -0.129. The predicted octanol–water partition coefficient (Wildman–Crippen LogP) is 2.79. The van der Waals surface area contributed by atoms with E-state index in [1.807, 2.05) is 0 Å². The quantitative estimate of drug-likeness (QED) is 0.585. The van der Waals surface area contributed by atoms with E-state index in [2.05, 4.69) is 6.92 Å². The molecule has 68 valence electrons. The number of ketones is 1. The predicted molar refractivity (Wildman–Crippen MR) is 48.9 cm³/mol. The van der Waals surface area contributed by atoms with Crippen LogP contribution in [0.2, 0.25) is 0 Å². The van der Waals surface area contributed by atoms with E-state index in [1.165, 1.54) is 32.1 Å². The topological polar surface area (TPSA) is 17.1 Å². The molecule has 2 bridgehead atoms. The average Bonchev–Trinajstić information content (AvgIpc) is 2.24. The fourth-order valence-electron chi connectivity index (χ4n) is 3.47. The minimum absolute atomic E-state index is 0.114. The molecular weight excluding hydrogens is 148 g/mol. The monoisotopic (exact) mass is 166 g/mol. The second-order valence-corrected chi connectivity index (χ2v) is 4.81. The molecule has 0 radical (unpaired) electrons. The van der Waals surface area contributed by atoms with Gasteiger partial charge in [-0.3, -0.25) is 4.79 Å². The van der Waals surface area contributed by atoms with Gasteiger partial charge in [0.1, 0.15) is 5.78 Å². The zero-order valence-electron chi connectivity index (χ0n) is 8.10. The van der Waals surface area contributed by atoms with Crippen LogP contribution in [0.3, 0.4) is 0 Å². The first kappa shape index (κ1) is 8.28. The summed E-state index contributed by atoms with van der Waals surface area (Å²) in [5.41, 5.74) is 0.114. The van der Waals surface area contributed by atoms with Crippen molar-refractivity contribution in [3.63, 3.8) is 0 Å². The van der Waals surface area contributed by atoms with Crippen LogP contribution in [0.5, 0.6) is 0 Å². The first-order valence-corrected chi connectivity index (χ1v) is 5.16. The molecule has 3 atom stereocenters. The van der Waals surface area contributed by atoms with Gasteiger partial charge in [-0.1, -0.05) is 19.8 Å². The first-order chi connectivity index (χ1) is 5.65. The summed E-state index contributed by atoms with van der Waals surface area (Å²) in [7, 11) is 0. The van der Waals surface area contributed by atoms with Crippen molar-refractivity contribution in [2.45, 2.75) is 46.0 Å². The Morgan fingerprint density at radius 2 is 2.25 bits per heavy atom. The molecule has 2 rings (SSSR count). The zero-order valence-corrected chi connectivity index (χ0v) is 8.10. The van der Waals surface area contributed by atoms with E-state index in [1.54, 1.807) is 6.92 Å². The van der Waals surface area contributed by atoms with Crippen molar-refractivity contribution in [1.82, 2.24) is 0 Å². The van der Waals surface area contributed by atoms with Gasteiger partial charge in [-0.25, -0.2) is 0 Å². The number of hydrogen-bond donors (Lipinski definition) is 0. The van der Waals surface area contributed by atoms with Crippen molar-refractivity contribution in [2.75, 3.05) is 0 Å². The highest BCUT2D eigenvalue weighted by Gasteiger charge is 2.49. The second-order valence-electron chi connectivity index (χ2n) is 4.81. The van der Waals surface area contributed by atoms with Crippen LogP contribution in [-0.4, -0.2) is 5.78 Å². The molecule has 1 nitrogen and oxygen atoms in total. The molecule has 2 aliphatic rings. The van der Waals surface area contributed by atoms with Crippen LogP contribution in [0.25, 0.3) is 0 Å². The summed E-state index contributed by atoms with van der Waals surface area (Å²) in [6, 6.07) is 0. The zero-order chi connectivity index (χ0) is 8.77. The van der Waals surface area contributed by atoms with E-state index in [0.717, 1.165) is 5.92 Å². The highest BCUT2D eigenvalue weighted by atomic mass is 16.1. The van der Waals surface area contributed by atoms with Crippen molar-refractivity contribution in [3.05, 3.63) is 0 Å². The number of fused-ring (bicyclic) bond motifs is 2. The Morgan fingerprint density at radius 3 is 2.83 bits per heavy atom. The van der Waals surface area contributed by atoms with Crippen LogP contribution in [0.1, 0.15) is 46.0 Å². The van der Waals surface area contributed by atoms with Crippen molar-refractivity contribution in [1.29, 1.82) is 0 Å². The van der Waals surface area contributed by atoms with Crippen molar-refractivity contribution in [2.24, 2.45) is 17.3 Å². The first-order valence-electron chi connectivity index (χ1n) is 5.16.